The number of aliphatic hydroxyl groups excluding tert-OH is 1. The fourth-order valence-corrected chi connectivity index (χ4v) is 10.00. The maximum absolute atomic E-state index is 14.4. The summed E-state index contributed by atoms with van der Waals surface area (Å²) in [4.78, 5) is 17.5. The Morgan fingerprint density at radius 3 is 1.50 bits per heavy atom. The van der Waals surface area contributed by atoms with Crippen LogP contribution in [0.2, 0.25) is 0 Å². The van der Waals surface area contributed by atoms with Crippen molar-refractivity contribution in [3.05, 3.63) is 190 Å². The van der Waals surface area contributed by atoms with Gasteiger partial charge >= 0.3 is 5.97 Å². The van der Waals surface area contributed by atoms with Crippen LogP contribution in [0.4, 0.5) is 0 Å². The molecule has 5 aromatic rings. The summed E-state index contributed by atoms with van der Waals surface area (Å²) in [5, 5.41) is 15.5. The summed E-state index contributed by atoms with van der Waals surface area (Å²) in [5.41, 5.74) is 13.1. The molecule has 0 radical (unpaired) electrons. The number of carbonyl (C=O) groups excluding carboxylic acids is 1. The quantitative estimate of drug-likeness (QED) is 0.0401. The Balaban J connectivity index is 1.06. The second-order valence-electron chi connectivity index (χ2n) is 20.5. The molecule has 402 valence electrons. The van der Waals surface area contributed by atoms with E-state index in [1.165, 1.54) is 0 Å². The van der Waals surface area contributed by atoms with E-state index < -0.39 is 116 Å². The zero-order valence-electron chi connectivity index (χ0n) is 42.8. The molecular weight excluding hydrogens is 979 g/mol. The number of hydrogen-bond donors (Lipinski definition) is 1. The standard InChI is InChI=1S/C58H65N3O15/c1-35-44(64-30-36-20-10-5-11-21-36)48(65-31-37-22-12-6-13-23-37)50(66-32-38-24-14-7-15-25-38)55(69-35)75-51-49(76-57(63)58(2,3)4)46-42(34-68-54(73-46)40-28-18-9-19-29-40)71-56(51)74-47-43(60-61-59)52(62)70-41-33-67-53(72-45(41)47)39-26-16-8-17-27-39/h5-29,35,41-56,62H,30-34H2,1-4H3/t35-,41+,42+,43+,44+,45+,46-,47+,48+,49-,50-,51+,52+,53?,54?,55-,56-/m0/s1. The highest BCUT2D eigenvalue weighted by molar-refractivity contribution is 5.75. The number of esters is 1. The van der Waals surface area contributed by atoms with Crippen molar-refractivity contribution < 1.29 is 71.5 Å². The molecule has 10 rings (SSSR count). The second kappa shape index (κ2) is 24.8. The van der Waals surface area contributed by atoms with Gasteiger partial charge in [0.25, 0.3) is 0 Å². The van der Waals surface area contributed by atoms with Crippen LogP contribution in [0.5, 0.6) is 0 Å². The molecule has 5 fully saturated rings. The molecule has 2 unspecified atom stereocenters. The van der Waals surface area contributed by atoms with E-state index in [1.54, 1.807) is 20.8 Å². The summed E-state index contributed by atoms with van der Waals surface area (Å²) in [6.07, 6.45) is -17.3. The summed E-state index contributed by atoms with van der Waals surface area (Å²) in [6, 6.07) is 46.6. The van der Waals surface area contributed by atoms with E-state index in [9.17, 15) is 15.4 Å². The van der Waals surface area contributed by atoms with Gasteiger partial charge in [-0.25, -0.2) is 0 Å². The highest BCUT2D eigenvalue weighted by Gasteiger charge is 2.59. The largest absolute Gasteiger partial charge is 0.456 e. The van der Waals surface area contributed by atoms with Gasteiger partial charge in [-0.3, -0.25) is 4.79 Å². The summed E-state index contributed by atoms with van der Waals surface area (Å²) in [5.74, 6) is -0.572. The molecule has 17 atom stereocenters. The van der Waals surface area contributed by atoms with Crippen LogP contribution in [0.1, 0.15) is 68.1 Å². The number of fused-ring (bicyclic) bond motifs is 2. The molecule has 5 aromatic carbocycles. The van der Waals surface area contributed by atoms with Crippen LogP contribution in [0.25, 0.3) is 10.4 Å². The SMILES string of the molecule is C[C@@H]1O[C@@H](O[C@H]2[C@H](O[C@@H]3[C@@H](N=[N+]=[N-])[C@H](O)O[C@@H]4COC(c5ccccc5)O[C@@H]34)O[C@@H]3COC(c4ccccc4)O[C@@H]3[C@@H]2OC(=O)C(C)(C)C)[C@@H](OCc2ccccc2)[C@H](OCc2ccccc2)[C@@H]1OCc1ccccc1. The van der Waals surface area contributed by atoms with Crippen LogP contribution < -0.4 is 0 Å². The van der Waals surface area contributed by atoms with Crippen LogP contribution in [-0.2, 0) is 86.2 Å². The van der Waals surface area contributed by atoms with Crippen LogP contribution in [0, 0.1) is 5.41 Å². The van der Waals surface area contributed by atoms with Gasteiger partial charge in [0.1, 0.15) is 54.9 Å². The Morgan fingerprint density at radius 2 is 1.00 bits per heavy atom. The Bertz CT molecular complexity index is 2650. The Kier molecular flexibility index (Phi) is 17.5. The minimum Gasteiger partial charge on any atom is -0.456 e. The van der Waals surface area contributed by atoms with Gasteiger partial charge in [0.05, 0.1) is 44.6 Å². The van der Waals surface area contributed by atoms with Gasteiger partial charge < -0.3 is 66.7 Å². The molecular formula is C58H65N3O15. The van der Waals surface area contributed by atoms with Gasteiger partial charge in [-0.2, -0.15) is 0 Å². The molecule has 0 amide bonds. The van der Waals surface area contributed by atoms with E-state index >= 15 is 0 Å². The van der Waals surface area contributed by atoms with E-state index in [2.05, 4.69) is 10.0 Å². The number of nitrogens with zero attached hydrogens (tertiary/aromatic N) is 3. The first-order chi connectivity index (χ1) is 37.0. The molecule has 76 heavy (non-hydrogen) atoms. The lowest BCUT2D eigenvalue weighted by atomic mass is 9.93. The number of carbonyl (C=O) groups is 1. The average molecular weight is 1040 g/mol. The zero-order chi connectivity index (χ0) is 52.6. The van der Waals surface area contributed by atoms with Crippen molar-refractivity contribution >= 4 is 5.97 Å². The number of hydrogen-bond acceptors (Lipinski definition) is 16. The lowest BCUT2D eigenvalue weighted by molar-refractivity contribution is -0.413. The van der Waals surface area contributed by atoms with E-state index in [0.29, 0.717) is 5.56 Å². The molecule has 0 aromatic heterocycles. The summed E-state index contributed by atoms with van der Waals surface area (Å²) in [7, 11) is 0. The molecule has 18 nitrogen and oxygen atoms in total. The Morgan fingerprint density at radius 1 is 0.566 bits per heavy atom. The third-order valence-electron chi connectivity index (χ3n) is 14.0. The van der Waals surface area contributed by atoms with Gasteiger partial charge in [0.2, 0.25) is 0 Å². The zero-order valence-corrected chi connectivity index (χ0v) is 42.8. The molecule has 0 aliphatic carbocycles. The molecule has 5 saturated heterocycles. The van der Waals surface area contributed by atoms with Crippen LogP contribution in [0.3, 0.4) is 0 Å². The predicted octanol–water partition coefficient (Wildman–Crippen LogP) is 8.57. The van der Waals surface area contributed by atoms with Crippen molar-refractivity contribution in [2.75, 3.05) is 13.2 Å². The molecule has 5 aliphatic rings. The average Bonchev–Trinajstić information content (AvgIpc) is 3.45. The van der Waals surface area contributed by atoms with Crippen molar-refractivity contribution in [3.8, 4) is 0 Å². The van der Waals surface area contributed by atoms with Gasteiger partial charge in [0.15, 0.2) is 43.7 Å². The molecule has 0 saturated carbocycles. The number of ether oxygens (including phenoxy) is 13. The first-order valence-corrected chi connectivity index (χ1v) is 25.8. The van der Waals surface area contributed by atoms with Crippen LogP contribution in [-0.4, -0.2) is 116 Å². The topological polar surface area (TPSA) is 206 Å². The first-order valence-electron chi connectivity index (χ1n) is 25.8. The van der Waals surface area contributed by atoms with Gasteiger partial charge in [-0.15, -0.1) is 0 Å². The van der Waals surface area contributed by atoms with Gasteiger partial charge in [-0.05, 0) is 49.9 Å². The van der Waals surface area contributed by atoms with E-state index in [4.69, 9.17) is 61.6 Å². The fourth-order valence-electron chi connectivity index (χ4n) is 10.00. The molecule has 1 N–H and O–H groups in total. The van der Waals surface area contributed by atoms with Crippen LogP contribution in [0.15, 0.2) is 157 Å². The minimum atomic E-state index is -1.66. The lowest BCUT2D eigenvalue weighted by Gasteiger charge is -2.53. The highest BCUT2D eigenvalue weighted by Crippen LogP contribution is 2.43. The molecule has 5 heterocycles. The molecule has 18 heteroatoms. The maximum atomic E-state index is 14.4. The van der Waals surface area contributed by atoms with E-state index in [-0.39, 0.29) is 33.0 Å². The Labute approximate surface area is 441 Å². The number of aliphatic hydroxyl groups is 1. The van der Waals surface area contributed by atoms with Crippen LogP contribution >= 0.6 is 0 Å². The number of rotatable bonds is 17. The highest BCUT2D eigenvalue weighted by atomic mass is 16.8. The van der Waals surface area contributed by atoms with Crippen molar-refractivity contribution in [1.82, 2.24) is 0 Å². The van der Waals surface area contributed by atoms with E-state index in [0.717, 1.165) is 22.3 Å². The van der Waals surface area contributed by atoms with Gasteiger partial charge in [0, 0.05) is 16.0 Å². The smallest absolute Gasteiger partial charge is 0.311 e. The predicted molar refractivity (Wildman–Crippen MR) is 271 cm³/mol. The van der Waals surface area contributed by atoms with Crippen molar-refractivity contribution in [2.45, 2.75) is 152 Å². The second-order valence-corrected chi connectivity index (χ2v) is 20.5. The van der Waals surface area contributed by atoms with E-state index in [1.807, 2.05) is 159 Å². The summed E-state index contributed by atoms with van der Waals surface area (Å²) >= 11 is 0. The lowest BCUT2D eigenvalue weighted by Crippen LogP contribution is -2.69. The first kappa shape index (κ1) is 53.7. The van der Waals surface area contributed by atoms with Crippen molar-refractivity contribution in [3.63, 3.8) is 0 Å². The molecule has 0 spiro atoms. The Hall–Kier alpha value is -5.64. The third kappa shape index (κ3) is 12.7. The normalized spacial score (nSPS) is 33.5. The van der Waals surface area contributed by atoms with Crippen molar-refractivity contribution in [2.24, 2.45) is 10.5 Å². The number of azide groups is 1. The molecule has 5 aliphatic heterocycles. The minimum absolute atomic E-state index is 0.0131. The third-order valence-corrected chi connectivity index (χ3v) is 14.0. The summed E-state index contributed by atoms with van der Waals surface area (Å²) < 4.78 is 87.4. The van der Waals surface area contributed by atoms with Crippen molar-refractivity contribution in [1.29, 1.82) is 0 Å². The summed E-state index contributed by atoms with van der Waals surface area (Å²) in [6.45, 7) is 7.62. The maximum Gasteiger partial charge on any atom is 0.311 e. The molecule has 0 bridgehead atoms. The fraction of sp³-hybridized carbons (Fsp3) is 0.466. The van der Waals surface area contributed by atoms with Gasteiger partial charge in [-0.1, -0.05) is 157 Å². The number of benzene rings is 5. The monoisotopic (exact) mass is 1040 g/mol.